The van der Waals surface area contributed by atoms with Gasteiger partial charge < -0.3 is 11.1 Å². The fourth-order valence-electron chi connectivity index (χ4n) is 1.80. The number of carbonyl (C=O) groups excluding carboxylic acids is 1. The molecule has 3 nitrogen and oxygen atoms in total. The van der Waals surface area contributed by atoms with Gasteiger partial charge in [0.15, 0.2) is 0 Å². The molecular formula is C15H15BrN2O. The van der Waals surface area contributed by atoms with Gasteiger partial charge in [-0.2, -0.15) is 0 Å². The molecule has 0 aliphatic heterocycles. The quantitative estimate of drug-likeness (QED) is 0.825. The van der Waals surface area contributed by atoms with Crippen molar-refractivity contribution < 1.29 is 4.79 Å². The normalized spacial score (nSPS) is 10.3. The largest absolute Gasteiger partial charge is 0.398 e. The summed E-state index contributed by atoms with van der Waals surface area (Å²) >= 11 is 3.34. The van der Waals surface area contributed by atoms with Gasteiger partial charge >= 0.3 is 0 Å². The molecule has 0 aromatic heterocycles. The lowest BCUT2D eigenvalue weighted by Gasteiger charge is -2.11. The topological polar surface area (TPSA) is 55.1 Å². The van der Waals surface area contributed by atoms with E-state index in [1.807, 2.05) is 32.0 Å². The fourth-order valence-corrected chi connectivity index (χ4v) is 2.25. The fraction of sp³-hybridized carbons (Fsp3) is 0.133. The van der Waals surface area contributed by atoms with Gasteiger partial charge in [0.05, 0.1) is 10.0 Å². The number of anilines is 2. The van der Waals surface area contributed by atoms with E-state index in [1.54, 1.807) is 18.2 Å². The van der Waals surface area contributed by atoms with Crippen molar-refractivity contribution in [1.82, 2.24) is 0 Å². The van der Waals surface area contributed by atoms with Gasteiger partial charge in [-0.3, -0.25) is 4.79 Å². The second-order valence-corrected chi connectivity index (χ2v) is 5.20. The van der Waals surface area contributed by atoms with Crippen LogP contribution in [0.15, 0.2) is 40.9 Å². The summed E-state index contributed by atoms with van der Waals surface area (Å²) < 4.78 is 0.623. The Kier molecular flexibility index (Phi) is 3.90. The predicted molar refractivity (Wildman–Crippen MR) is 82.4 cm³/mol. The second-order valence-electron chi connectivity index (χ2n) is 4.41. The number of rotatable bonds is 2. The lowest BCUT2D eigenvalue weighted by Crippen LogP contribution is -2.14. The number of halogens is 1. The average molecular weight is 319 g/mol. The molecule has 4 heteroatoms. The van der Waals surface area contributed by atoms with E-state index in [1.165, 1.54) is 0 Å². The van der Waals surface area contributed by atoms with E-state index in [4.69, 9.17) is 5.73 Å². The van der Waals surface area contributed by atoms with Gasteiger partial charge in [0.25, 0.3) is 5.91 Å². The summed E-state index contributed by atoms with van der Waals surface area (Å²) in [6.45, 7) is 4.00. The van der Waals surface area contributed by atoms with E-state index in [2.05, 4.69) is 21.2 Å². The monoisotopic (exact) mass is 318 g/mol. The van der Waals surface area contributed by atoms with E-state index >= 15 is 0 Å². The molecule has 2 rings (SSSR count). The Hall–Kier alpha value is -1.81. The standard InChI is InChI=1S/C15H15BrN2O/c1-9-5-3-8-13(10(9)2)18-15(19)11-6-4-7-12(17)14(11)16/h3-8H,17H2,1-2H3,(H,18,19). The van der Waals surface area contributed by atoms with Crippen molar-refractivity contribution in [3.63, 3.8) is 0 Å². The SMILES string of the molecule is Cc1cccc(NC(=O)c2cccc(N)c2Br)c1C. The van der Waals surface area contributed by atoms with Crippen molar-refractivity contribution >= 4 is 33.2 Å². The third-order valence-electron chi connectivity index (χ3n) is 3.13. The average Bonchev–Trinajstić information content (AvgIpc) is 2.38. The van der Waals surface area contributed by atoms with Crippen LogP contribution in [-0.2, 0) is 0 Å². The summed E-state index contributed by atoms with van der Waals surface area (Å²) in [6.07, 6.45) is 0. The van der Waals surface area contributed by atoms with E-state index < -0.39 is 0 Å². The first-order chi connectivity index (χ1) is 9.00. The Labute approximate surface area is 121 Å². The molecule has 0 unspecified atom stereocenters. The number of amides is 1. The molecular weight excluding hydrogens is 304 g/mol. The summed E-state index contributed by atoms with van der Waals surface area (Å²) in [5.41, 5.74) is 9.88. The third-order valence-corrected chi connectivity index (χ3v) is 4.01. The highest BCUT2D eigenvalue weighted by Crippen LogP contribution is 2.25. The van der Waals surface area contributed by atoms with Crippen molar-refractivity contribution in [2.75, 3.05) is 11.1 Å². The molecule has 0 aliphatic carbocycles. The highest BCUT2D eigenvalue weighted by atomic mass is 79.9. The molecule has 0 fully saturated rings. The first kappa shape index (κ1) is 13.6. The van der Waals surface area contributed by atoms with Gasteiger partial charge in [0.1, 0.15) is 0 Å². The van der Waals surface area contributed by atoms with Crippen molar-refractivity contribution in [1.29, 1.82) is 0 Å². The lowest BCUT2D eigenvalue weighted by molar-refractivity contribution is 0.102. The van der Waals surface area contributed by atoms with E-state index in [-0.39, 0.29) is 5.91 Å². The molecule has 0 heterocycles. The highest BCUT2D eigenvalue weighted by Gasteiger charge is 2.13. The van der Waals surface area contributed by atoms with Crippen LogP contribution < -0.4 is 11.1 Å². The summed E-state index contributed by atoms with van der Waals surface area (Å²) in [6, 6.07) is 11.1. The van der Waals surface area contributed by atoms with Crippen LogP contribution in [0.2, 0.25) is 0 Å². The first-order valence-electron chi connectivity index (χ1n) is 5.92. The molecule has 0 atom stereocenters. The maximum absolute atomic E-state index is 12.3. The zero-order valence-electron chi connectivity index (χ0n) is 10.8. The number of benzene rings is 2. The lowest BCUT2D eigenvalue weighted by atomic mass is 10.1. The molecule has 2 aromatic carbocycles. The van der Waals surface area contributed by atoms with Crippen LogP contribution in [-0.4, -0.2) is 5.91 Å². The number of nitrogens with two attached hydrogens (primary N) is 1. The van der Waals surface area contributed by atoms with E-state index in [9.17, 15) is 4.79 Å². The number of aryl methyl sites for hydroxylation is 1. The Balaban J connectivity index is 2.31. The Morgan fingerprint density at radius 2 is 1.84 bits per heavy atom. The van der Waals surface area contributed by atoms with Gasteiger partial charge in [-0.1, -0.05) is 18.2 Å². The number of carbonyl (C=O) groups is 1. The Morgan fingerprint density at radius 3 is 2.58 bits per heavy atom. The molecule has 2 aromatic rings. The molecule has 1 amide bonds. The summed E-state index contributed by atoms with van der Waals surface area (Å²) in [5.74, 6) is -0.173. The molecule has 0 saturated heterocycles. The van der Waals surface area contributed by atoms with E-state index in [0.29, 0.717) is 15.7 Å². The zero-order chi connectivity index (χ0) is 14.0. The van der Waals surface area contributed by atoms with Crippen LogP contribution >= 0.6 is 15.9 Å². The van der Waals surface area contributed by atoms with Crippen LogP contribution in [0.5, 0.6) is 0 Å². The zero-order valence-corrected chi connectivity index (χ0v) is 12.4. The van der Waals surface area contributed by atoms with Crippen LogP contribution in [0.4, 0.5) is 11.4 Å². The summed E-state index contributed by atoms with van der Waals surface area (Å²) in [7, 11) is 0. The molecule has 98 valence electrons. The van der Waals surface area contributed by atoms with Crippen molar-refractivity contribution in [2.24, 2.45) is 0 Å². The van der Waals surface area contributed by atoms with Gasteiger partial charge in [-0.25, -0.2) is 0 Å². The third kappa shape index (κ3) is 2.79. The van der Waals surface area contributed by atoms with Gasteiger partial charge in [-0.15, -0.1) is 0 Å². The maximum atomic E-state index is 12.3. The van der Waals surface area contributed by atoms with Gasteiger partial charge in [0, 0.05) is 11.4 Å². The predicted octanol–water partition coefficient (Wildman–Crippen LogP) is 3.90. The Bertz CT molecular complexity index is 638. The molecule has 0 spiro atoms. The highest BCUT2D eigenvalue weighted by molar-refractivity contribution is 9.10. The van der Waals surface area contributed by atoms with Crippen LogP contribution in [0.25, 0.3) is 0 Å². The second kappa shape index (κ2) is 5.45. The number of nitrogen functional groups attached to an aromatic ring is 1. The molecule has 0 bridgehead atoms. The molecule has 19 heavy (non-hydrogen) atoms. The minimum absolute atomic E-state index is 0.173. The van der Waals surface area contributed by atoms with E-state index in [0.717, 1.165) is 16.8 Å². The van der Waals surface area contributed by atoms with Crippen LogP contribution in [0.3, 0.4) is 0 Å². The van der Waals surface area contributed by atoms with Crippen LogP contribution in [0, 0.1) is 13.8 Å². The van der Waals surface area contributed by atoms with Crippen molar-refractivity contribution in [2.45, 2.75) is 13.8 Å². The summed E-state index contributed by atoms with van der Waals surface area (Å²) in [5, 5.41) is 2.91. The maximum Gasteiger partial charge on any atom is 0.256 e. The minimum atomic E-state index is -0.173. The van der Waals surface area contributed by atoms with Gasteiger partial charge in [-0.05, 0) is 59.1 Å². The van der Waals surface area contributed by atoms with Crippen molar-refractivity contribution in [3.8, 4) is 0 Å². The number of nitrogens with one attached hydrogen (secondary N) is 1. The molecule has 0 radical (unpaired) electrons. The number of hydrogen-bond acceptors (Lipinski definition) is 2. The minimum Gasteiger partial charge on any atom is -0.398 e. The van der Waals surface area contributed by atoms with Crippen molar-refractivity contribution in [3.05, 3.63) is 57.6 Å². The van der Waals surface area contributed by atoms with Gasteiger partial charge in [0.2, 0.25) is 0 Å². The molecule has 0 aliphatic rings. The molecule has 0 saturated carbocycles. The smallest absolute Gasteiger partial charge is 0.256 e. The van der Waals surface area contributed by atoms with Crippen LogP contribution in [0.1, 0.15) is 21.5 Å². The first-order valence-corrected chi connectivity index (χ1v) is 6.71. The summed E-state index contributed by atoms with van der Waals surface area (Å²) in [4.78, 5) is 12.3. The molecule has 3 N–H and O–H groups in total. The Morgan fingerprint density at radius 1 is 1.16 bits per heavy atom. The number of hydrogen-bond donors (Lipinski definition) is 2.